The number of benzene rings is 3. The Bertz CT molecular complexity index is 1180. The van der Waals surface area contributed by atoms with E-state index in [1.807, 2.05) is 88.4 Å². The van der Waals surface area contributed by atoms with Crippen molar-refractivity contribution in [2.75, 3.05) is 5.75 Å². The Kier molecular flexibility index (Phi) is 9.89. The second-order valence-electron chi connectivity index (χ2n) is 9.82. The van der Waals surface area contributed by atoms with Gasteiger partial charge in [-0.05, 0) is 63.1 Å². The van der Waals surface area contributed by atoms with E-state index in [1.54, 1.807) is 17.0 Å². The molecule has 0 bridgehead atoms. The van der Waals surface area contributed by atoms with Gasteiger partial charge in [-0.15, -0.1) is 11.8 Å². The van der Waals surface area contributed by atoms with Gasteiger partial charge in [0.1, 0.15) is 6.04 Å². The molecule has 0 unspecified atom stereocenters. The summed E-state index contributed by atoms with van der Waals surface area (Å²) in [5.41, 5.74) is 2.50. The van der Waals surface area contributed by atoms with Gasteiger partial charge in [-0.25, -0.2) is 0 Å². The molecule has 0 aliphatic rings. The van der Waals surface area contributed by atoms with Crippen molar-refractivity contribution in [2.24, 2.45) is 0 Å². The molecular formula is C29H32Cl2N2O2S. The molecule has 36 heavy (non-hydrogen) atoms. The van der Waals surface area contributed by atoms with E-state index in [9.17, 15) is 9.59 Å². The lowest BCUT2D eigenvalue weighted by atomic mass is 10.0. The van der Waals surface area contributed by atoms with Crippen molar-refractivity contribution in [2.45, 2.75) is 57.1 Å². The normalized spacial score (nSPS) is 12.2. The van der Waals surface area contributed by atoms with Crippen LogP contribution in [0.25, 0.3) is 0 Å². The largest absolute Gasteiger partial charge is 0.350 e. The van der Waals surface area contributed by atoms with E-state index in [-0.39, 0.29) is 24.1 Å². The Balaban J connectivity index is 1.94. The summed E-state index contributed by atoms with van der Waals surface area (Å²) in [5.74, 6) is -0.116. The summed E-state index contributed by atoms with van der Waals surface area (Å²) in [5, 5.41) is 3.93. The van der Waals surface area contributed by atoms with Crippen molar-refractivity contribution >= 4 is 46.8 Å². The fraction of sp³-hybridized carbons (Fsp3) is 0.310. The van der Waals surface area contributed by atoms with Gasteiger partial charge in [0.25, 0.3) is 0 Å². The van der Waals surface area contributed by atoms with Crippen LogP contribution in [0.5, 0.6) is 0 Å². The van der Waals surface area contributed by atoms with Gasteiger partial charge in [0.2, 0.25) is 11.8 Å². The third kappa shape index (κ3) is 8.58. The van der Waals surface area contributed by atoms with Crippen LogP contribution >= 0.6 is 35.0 Å². The van der Waals surface area contributed by atoms with Crippen LogP contribution in [0.2, 0.25) is 10.0 Å². The van der Waals surface area contributed by atoms with Crippen LogP contribution in [0.4, 0.5) is 0 Å². The van der Waals surface area contributed by atoms with Crippen LogP contribution in [-0.2, 0) is 22.6 Å². The fourth-order valence-electron chi connectivity index (χ4n) is 3.70. The van der Waals surface area contributed by atoms with Gasteiger partial charge in [-0.2, -0.15) is 0 Å². The number of carbonyl (C=O) groups is 2. The number of halogens is 2. The molecule has 0 saturated carbocycles. The number of rotatable bonds is 9. The van der Waals surface area contributed by atoms with Crippen molar-refractivity contribution in [3.05, 3.63) is 99.5 Å². The van der Waals surface area contributed by atoms with E-state index >= 15 is 0 Å². The molecule has 0 radical (unpaired) electrons. The summed E-state index contributed by atoms with van der Waals surface area (Å²) >= 11 is 13.9. The van der Waals surface area contributed by atoms with Gasteiger partial charge in [-0.1, -0.05) is 77.3 Å². The highest BCUT2D eigenvalue weighted by molar-refractivity contribution is 8.00. The molecule has 0 aromatic heterocycles. The zero-order chi connectivity index (χ0) is 26.3. The first kappa shape index (κ1) is 28.1. The first-order valence-electron chi connectivity index (χ1n) is 11.8. The molecule has 7 heteroatoms. The number of thioether (sulfide) groups is 1. The Morgan fingerprint density at radius 1 is 0.917 bits per heavy atom. The lowest BCUT2D eigenvalue weighted by Gasteiger charge is -2.34. The molecule has 1 N–H and O–H groups in total. The lowest BCUT2D eigenvalue weighted by molar-refractivity contribution is -0.140. The second kappa shape index (κ2) is 12.7. The number of aryl methyl sites for hydroxylation is 1. The molecular weight excluding hydrogens is 511 g/mol. The average Bonchev–Trinajstić information content (AvgIpc) is 2.82. The topological polar surface area (TPSA) is 49.4 Å². The Hall–Kier alpha value is -2.47. The average molecular weight is 544 g/mol. The smallest absolute Gasteiger partial charge is 0.243 e. The van der Waals surface area contributed by atoms with Crippen molar-refractivity contribution in [3.63, 3.8) is 0 Å². The Morgan fingerprint density at radius 2 is 1.58 bits per heavy atom. The van der Waals surface area contributed by atoms with Gasteiger partial charge >= 0.3 is 0 Å². The zero-order valence-corrected chi connectivity index (χ0v) is 23.4. The van der Waals surface area contributed by atoms with Gasteiger partial charge < -0.3 is 10.2 Å². The van der Waals surface area contributed by atoms with Crippen LogP contribution in [0.1, 0.15) is 37.5 Å². The molecule has 2 amide bonds. The van der Waals surface area contributed by atoms with Crippen molar-refractivity contribution in [1.82, 2.24) is 10.2 Å². The SMILES string of the molecule is Cc1ccc(SCC(=O)N(Cc2ccc(Cl)c(Cl)c2)[C@@H](Cc2ccccc2)C(=O)NC(C)(C)C)cc1. The number of nitrogens with zero attached hydrogens (tertiary/aromatic N) is 1. The highest BCUT2D eigenvalue weighted by Crippen LogP contribution is 2.26. The maximum absolute atomic E-state index is 13.7. The summed E-state index contributed by atoms with van der Waals surface area (Å²) in [6, 6.07) is 22.4. The minimum atomic E-state index is -0.702. The first-order chi connectivity index (χ1) is 17.0. The molecule has 3 rings (SSSR count). The van der Waals surface area contributed by atoms with Gasteiger partial charge in [0, 0.05) is 23.4 Å². The number of nitrogens with one attached hydrogen (secondary N) is 1. The highest BCUT2D eigenvalue weighted by Gasteiger charge is 2.32. The van der Waals surface area contributed by atoms with E-state index in [1.165, 1.54) is 11.8 Å². The molecule has 0 fully saturated rings. The van der Waals surface area contributed by atoms with E-state index in [0.717, 1.165) is 21.6 Å². The minimum Gasteiger partial charge on any atom is -0.350 e. The Morgan fingerprint density at radius 3 is 2.19 bits per heavy atom. The van der Waals surface area contributed by atoms with Crippen molar-refractivity contribution in [3.8, 4) is 0 Å². The predicted molar refractivity (Wildman–Crippen MR) is 151 cm³/mol. The standard InChI is InChI=1S/C29H32Cl2N2O2S/c1-20-10-13-23(14-11-20)36-19-27(34)33(18-22-12-15-24(30)25(31)16-22)26(28(35)32-29(2,3)4)17-21-8-6-5-7-9-21/h5-16,26H,17-19H2,1-4H3,(H,32,35)/t26-/m0/s1. The molecule has 0 aliphatic heterocycles. The monoisotopic (exact) mass is 542 g/mol. The van der Waals surface area contributed by atoms with E-state index in [0.29, 0.717) is 16.5 Å². The zero-order valence-electron chi connectivity index (χ0n) is 21.1. The molecule has 0 heterocycles. The van der Waals surface area contributed by atoms with Crippen LogP contribution in [0.15, 0.2) is 77.7 Å². The van der Waals surface area contributed by atoms with Crippen LogP contribution < -0.4 is 5.32 Å². The molecule has 190 valence electrons. The Labute approximate surface area is 228 Å². The first-order valence-corrected chi connectivity index (χ1v) is 13.5. The van der Waals surface area contributed by atoms with Crippen LogP contribution in [0, 0.1) is 6.92 Å². The quantitative estimate of drug-likeness (QED) is 0.297. The van der Waals surface area contributed by atoms with Crippen LogP contribution in [-0.4, -0.2) is 34.0 Å². The number of amides is 2. The summed E-state index contributed by atoms with van der Waals surface area (Å²) in [6.45, 7) is 8.06. The minimum absolute atomic E-state index is 0.128. The van der Waals surface area contributed by atoms with Gasteiger partial charge in [0.05, 0.1) is 15.8 Å². The molecule has 4 nitrogen and oxygen atoms in total. The predicted octanol–water partition coefficient (Wildman–Crippen LogP) is 6.95. The molecule has 0 aliphatic carbocycles. The van der Waals surface area contributed by atoms with E-state index in [4.69, 9.17) is 23.2 Å². The third-order valence-corrected chi connectivity index (χ3v) is 7.23. The molecule has 0 spiro atoms. The summed E-state index contributed by atoms with van der Waals surface area (Å²) < 4.78 is 0. The fourth-order valence-corrected chi connectivity index (χ4v) is 4.81. The van der Waals surface area contributed by atoms with Crippen molar-refractivity contribution < 1.29 is 9.59 Å². The number of hydrogen-bond acceptors (Lipinski definition) is 3. The maximum Gasteiger partial charge on any atom is 0.243 e. The second-order valence-corrected chi connectivity index (χ2v) is 11.7. The van der Waals surface area contributed by atoms with Gasteiger partial charge in [0.15, 0.2) is 0 Å². The van der Waals surface area contributed by atoms with Crippen LogP contribution in [0.3, 0.4) is 0 Å². The lowest BCUT2D eigenvalue weighted by Crippen LogP contribution is -2.54. The molecule has 3 aromatic rings. The third-order valence-electron chi connectivity index (χ3n) is 5.49. The van der Waals surface area contributed by atoms with E-state index < -0.39 is 11.6 Å². The van der Waals surface area contributed by atoms with Gasteiger partial charge in [-0.3, -0.25) is 9.59 Å². The summed E-state index contributed by atoms with van der Waals surface area (Å²) in [4.78, 5) is 29.9. The number of carbonyl (C=O) groups excluding carboxylic acids is 2. The maximum atomic E-state index is 13.7. The number of hydrogen-bond donors (Lipinski definition) is 1. The summed E-state index contributed by atoms with van der Waals surface area (Å²) in [6.07, 6.45) is 0.394. The van der Waals surface area contributed by atoms with Crippen molar-refractivity contribution in [1.29, 1.82) is 0 Å². The van der Waals surface area contributed by atoms with E-state index in [2.05, 4.69) is 5.32 Å². The molecule has 1 atom stereocenters. The highest BCUT2D eigenvalue weighted by atomic mass is 35.5. The molecule has 3 aromatic carbocycles. The molecule has 0 saturated heterocycles. The summed E-state index contributed by atoms with van der Waals surface area (Å²) in [7, 11) is 0.